The van der Waals surface area contributed by atoms with E-state index in [9.17, 15) is 0 Å². The number of benzene rings is 7. The summed E-state index contributed by atoms with van der Waals surface area (Å²) >= 11 is 0. The smallest absolute Gasteiger partial charge is 0.229 e. The molecule has 5 heterocycles. The van der Waals surface area contributed by atoms with E-state index in [4.69, 9.17) is 28.8 Å². The molecule has 0 atom stereocenters. The Morgan fingerprint density at radius 2 is 0.983 bits per heavy atom. The molecule has 0 aliphatic rings. The standard InChI is InChI=1S/C52H30N6O2/c1-3-11-32(12-4-1)49-56-50(33-13-5-2-6-14-33)58-51(57-49)34-22-20-31(21-23-34)35-24-25-38(37-16-8-7-15-36(35)37)39-17-9-19-44-45(39)40-26-27-43-48(47(40)59-44)60-52(55-43)41-28-30-53-42-18-10-29-54-46(41)42/h1-30H. The molecule has 8 heteroatoms. The number of hydrogen-bond acceptors (Lipinski definition) is 8. The Morgan fingerprint density at radius 1 is 0.333 bits per heavy atom. The van der Waals surface area contributed by atoms with Crippen molar-refractivity contribution >= 4 is 54.8 Å². The molecule has 7 aromatic carbocycles. The largest absolute Gasteiger partial charge is 0.452 e. The first-order valence-corrected chi connectivity index (χ1v) is 19.7. The quantitative estimate of drug-likeness (QED) is 0.165. The highest BCUT2D eigenvalue weighted by Gasteiger charge is 2.21. The van der Waals surface area contributed by atoms with Gasteiger partial charge in [0, 0.05) is 39.9 Å². The van der Waals surface area contributed by atoms with Crippen molar-refractivity contribution in [1.82, 2.24) is 29.9 Å². The average Bonchev–Trinajstić information content (AvgIpc) is 3.94. The van der Waals surface area contributed by atoms with Crippen molar-refractivity contribution < 1.29 is 8.83 Å². The van der Waals surface area contributed by atoms with Crippen LogP contribution >= 0.6 is 0 Å². The van der Waals surface area contributed by atoms with Crippen LogP contribution in [-0.4, -0.2) is 29.9 Å². The third kappa shape index (κ3) is 5.54. The molecular formula is C52H30N6O2. The molecule has 0 amide bonds. The van der Waals surface area contributed by atoms with Gasteiger partial charge < -0.3 is 8.83 Å². The van der Waals surface area contributed by atoms with E-state index in [1.807, 2.05) is 97.1 Å². The molecule has 0 spiro atoms. The molecule has 0 N–H and O–H groups in total. The van der Waals surface area contributed by atoms with Gasteiger partial charge >= 0.3 is 0 Å². The zero-order valence-corrected chi connectivity index (χ0v) is 31.8. The topological polar surface area (TPSA) is 104 Å². The van der Waals surface area contributed by atoms with Gasteiger partial charge in [0.1, 0.15) is 16.6 Å². The molecule has 0 unspecified atom stereocenters. The number of nitrogens with zero attached hydrogens (tertiary/aromatic N) is 6. The minimum Gasteiger partial charge on any atom is -0.452 e. The van der Waals surface area contributed by atoms with Gasteiger partial charge in [-0.25, -0.2) is 19.9 Å². The van der Waals surface area contributed by atoms with E-state index in [2.05, 4.69) is 82.8 Å². The summed E-state index contributed by atoms with van der Waals surface area (Å²) in [4.78, 5) is 28.6. The third-order valence-electron chi connectivity index (χ3n) is 11.1. The van der Waals surface area contributed by atoms with Gasteiger partial charge in [0.2, 0.25) is 5.89 Å². The Hall–Kier alpha value is -8.36. The number of fused-ring (bicyclic) bond motifs is 7. The van der Waals surface area contributed by atoms with Crippen molar-refractivity contribution in [1.29, 1.82) is 0 Å². The summed E-state index contributed by atoms with van der Waals surface area (Å²) in [5, 5.41) is 4.26. The monoisotopic (exact) mass is 770 g/mol. The molecule has 280 valence electrons. The Balaban J connectivity index is 0.947. The van der Waals surface area contributed by atoms with Crippen molar-refractivity contribution in [2.24, 2.45) is 0 Å². The van der Waals surface area contributed by atoms with E-state index < -0.39 is 0 Å². The maximum absolute atomic E-state index is 6.61. The molecule has 12 rings (SSSR count). The highest BCUT2D eigenvalue weighted by atomic mass is 16.4. The maximum atomic E-state index is 6.61. The van der Waals surface area contributed by atoms with Gasteiger partial charge in [0.05, 0.1) is 11.1 Å². The molecule has 0 saturated carbocycles. The van der Waals surface area contributed by atoms with Crippen LogP contribution in [0.1, 0.15) is 0 Å². The van der Waals surface area contributed by atoms with Crippen LogP contribution in [0.5, 0.6) is 0 Å². The molecule has 0 saturated heterocycles. The number of hydrogen-bond donors (Lipinski definition) is 0. The number of rotatable bonds is 6. The third-order valence-corrected chi connectivity index (χ3v) is 11.1. The summed E-state index contributed by atoms with van der Waals surface area (Å²) in [6, 6.07) is 57.6. The van der Waals surface area contributed by atoms with Crippen molar-refractivity contribution in [2.75, 3.05) is 0 Å². The Labute approximate surface area is 342 Å². The summed E-state index contributed by atoms with van der Waals surface area (Å²) < 4.78 is 13.1. The molecule has 0 aliphatic carbocycles. The van der Waals surface area contributed by atoms with Crippen LogP contribution in [0.3, 0.4) is 0 Å². The van der Waals surface area contributed by atoms with E-state index in [0.717, 1.165) is 82.7 Å². The molecule has 0 aliphatic heterocycles. The summed E-state index contributed by atoms with van der Waals surface area (Å²) in [6.45, 7) is 0. The van der Waals surface area contributed by atoms with Gasteiger partial charge in [-0.05, 0) is 69.4 Å². The van der Waals surface area contributed by atoms with Gasteiger partial charge in [0.15, 0.2) is 28.6 Å². The van der Waals surface area contributed by atoms with E-state index in [1.165, 1.54) is 0 Å². The second kappa shape index (κ2) is 13.6. The van der Waals surface area contributed by atoms with Crippen LogP contribution in [0, 0.1) is 0 Å². The van der Waals surface area contributed by atoms with Crippen LogP contribution in [0.25, 0.3) is 123 Å². The Bertz CT molecular complexity index is 3540. The van der Waals surface area contributed by atoms with Crippen LogP contribution < -0.4 is 0 Å². The first kappa shape index (κ1) is 33.7. The SMILES string of the molecule is c1ccc(-c2nc(-c3ccccc3)nc(-c3ccc(-c4ccc(-c5cccc6oc7c(ccc8nc(-c9ccnc%10cccnc9%10)oc87)c56)c5ccccc45)cc3)n2)cc1. The molecule has 12 aromatic rings. The van der Waals surface area contributed by atoms with E-state index in [-0.39, 0.29) is 0 Å². The van der Waals surface area contributed by atoms with Gasteiger partial charge in [-0.2, -0.15) is 0 Å². The van der Waals surface area contributed by atoms with Crippen molar-refractivity contribution in [2.45, 2.75) is 0 Å². The maximum Gasteiger partial charge on any atom is 0.229 e. The first-order valence-electron chi connectivity index (χ1n) is 19.7. The van der Waals surface area contributed by atoms with Gasteiger partial charge in [-0.1, -0.05) is 133 Å². The van der Waals surface area contributed by atoms with Crippen molar-refractivity contribution in [3.05, 3.63) is 182 Å². The van der Waals surface area contributed by atoms with E-state index in [0.29, 0.717) is 40.0 Å². The number of aromatic nitrogens is 6. The predicted octanol–water partition coefficient (Wildman–Crippen LogP) is 13.0. The minimum atomic E-state index is 0.473. The fourth-order valence-electron chi connectivity index (χ4n) is 8.28. The van der Waals surface area contributed by atoms with Crippen molar-refractivity contribution in [3.8, 4) is 67.9 Å². The van der Waals surface area contributed by atoms with Gasteiger partial charge in [0.25, 0.3) is 0 Å². The number of oxazole rings is 1. The summed E-state index contributed by atoms with van der Waals surface area (Å²) in [6.07, 6.45) is 3.51. The number of furan rings is 1. The summed E-state index contributed by atoms with van der Waals surface area (Å²) in [5.74, 6) is 2.37. The molecule has 0 bridgehead atoms. The van der Waals surface area contributed by atoms with Crippen molar-refractivity contribution in [3.63, 3.8) is 0 Å². The molecule has 0 fully saturated rings. The zero-order chi connectivity index (χ0) is 39.6. The van der Waals surface area contributed by atoms with Crippen LogP contribution in [0.2, 0.25) is 0 Å². The Kier molecular flexibility index (Phi) is 7.67. The fourth-order valence-corrected chi connectivity index (χ4v) is 8.28. The highest BCUT2D eigenvalue weighted by molar-refractivity contribution is 6.20. The lowest BCUT2D eigenvalue weighted by atomic mass is 9.90. The minimum absolute atomic E-state index is 0.473. The summed E-state index contributed by atoms with van der Waals surface area (Å²) in [5.41, 5.74) is 12.2. The average molecular weight is 771 g/mol. The zero-order valence-electron chi connectivity index (χ0n) is 31.8. The molecule has 5 aromatic heterocycles. The lowest BCUT2D eigenvalue weighted by molar-refractivity contribution is 0.604. The van der Waals surface area contributed by atoms with Crippen LogP contribution in [-0.2, 0) is 0 Å². The lowest BCUT2D eigenvalue weighted by Crippen LogP contribution is -2.00. The second-order valence-electron chi connectivity index (χ2n) is 14.6. The van der Waals surface area contributed by atoms with Gasteiger partial charge in [-0.15, -0.1) is 0 Å². The lowest BCUT2D eigenvalue weighted by Gasteiger charge is -2.13. The van der Waals surface area contributed by atoms with Crippen LogP contribution in [0.4, 0.5) is 0 Å². The second-order valence-corrected chi connectivity index (χ2v) is 14.6. The molecule has 0 radical (unpaired) electrons. The normalized spacial score (nSPS) is 11.7. The highest BCUT2D eigenvalue weighted by Crippen LogP contribution is 2.44. The van der Waals surface area contributed by atoms with Crippen LogP contribution in [0.15, 0.2) is 191 Å². The Morgan fingerprint density at radius 3 is 1.72 bits per heavy atom. The fraction of sp³-hybridized carbons (Fsp3) is 0. The molecule has 8 nitrogen and oxygen atoms in total. The summed E-state index contributed by atoms with van der Waals surface area (Å²) in [7, 11) is 0. The van der Waals surface area contributed by atoms with E-state index >= 15 is 0 Å². The molecule has 60 heavy (non-hydrogen) atoms. The van der Waals surface area contributed by atoms with E-state index in [1.54, 1.807) is 12.4 Å². The number of pyridine rings is 2. The molecular weight excluding hydrogens is 741 g/mol. The first-order chi connectivity index (χ1) is 29.7. The van der Waals surface area contributed by atoms with Gasteiger partial charge in [-0.3, -0.25) is 9.97 Å². The predicted molar refractivity (Wildman–Crippen MR) is 238 cm³/mol.